The predicted molar refractivity (Wildman–Crippen MR) is 63.0 cm³/mol. The Labute approximate surface area is 102 Å². The van der Waals surface area contributed by atoms with Crippen LogP contribution in [0.4, 0.5) is 0 Å². The SMILES string of the molecule is CCn1ccnc1CC(O)c1occc1Br. The number of halogens is 1. The van der Waals surface area contributed by atoms with E-state index in [4.69, 9.17) is 4.42 Å². The summed E-state index contributed by atoms with van der Waals surface area (Å²) in [5.74, 6) is 1.41. The zero-order valence-electron chi connectivity index (χ0n) is 8.93. The molecule has 2 aromatic heterocycles. The van der Waals surface area contributed by atoms with Crippen LogP contribution in [0.1, 0.15) is 24.6 Å². The number of aromatic nitrogens is 2. The highest BCUT2D eigenvalue weighted by molar-refractivity contribution is 9.10. The summed E-state index contributed by atoms with van der Waals surface area (Å²) < 4.78 is 8.00. The first-order valence-electron chi connectivity index (χ1n) is 5.13. The second kappa shape index (κ2) is 4.84. The summed E-state index contributed by atoms with van der Waals surface area (Å²) in [4.78, 5) is 4.21. The smallest absolute Gasteiger partial charge is 0.146 e. The molecule has 1 unspecified atom stereocenters. The van der Waals surface area contributed by atoms with Gasteiger partial charge in [0.05, 0.1) is 10.7 Å². The van der Waals surface area contributed by atoms with Crippen molar-refractivity contribution in [1.82, 2.24) is 9.55 Å². The number of nitrogens with zero attached hydrogens (tertiary/aromatic N) is 2. The van der Waals surface area contributed by atoms with Gasteiger partial charge in [0.1, 0.15) is 17.7 Å². The summed E-state index contributed by atoms with van der Waals surface area (Å²) in [6, 6.07) is 1.77. The Kier molecular flexibility index (Phi) is 3.46. The molecule has 0 saturated heterocycles. The molecule has 2 heterocycles. The quantitative estimate of drug-likeness (QED) is 0.939. The first kappa shape index (κ1) is 11.4. The molecule has 2 rings (SSSR count). The lowest BCUT2D eigenvalue weighted by Gasteiger charge is -2.09. The average Bonchev–Trinajstić information content (AvgIpc) is 2.86. The van der Waals surface area contributed by atoms with Crippen molar-refractivity contribution >= 4 is 15.9 Å². The highest BCUT2D eigenvalue weighted by Gasteiger charge is 2.17. The third-order valence-electron chi connectivity index (χ3n) is 2.47. The summed E-state index contributed by atoms with van der Waals surface area (Å²) in [6.45, 7) is 2.89. The van der Waals surface area contributed by atoms with Gasteiger partial charge in [-0.3, -0.25) is 0 Å². The number of aliphatic hydroxyl groups excluding tert-OH is 1. The van der Waals surface area contributed by atoms with E-state index in [-0.39, 0.29) is 0 Å². The molecule has 0 aliphatic carbocycles. The number of aryl methyl sites for hydroxylation is 1. The summed E-state index contributed by atoms with van der Waals surface area (Å²) in [5, 5.41) is 10.0. The molecule has 1 N–H and O–H groups in total. The molecule has 0 aliphatic heterocycles. The second-order valence-electron chi connectivity index (χ2n) is 3.48. The molecular formula is C11H13BrN2O2. The fourth-order valence-corrected chi connectivity index (χ4v) is 2.09. The molecule has 0 saturated carbocycles. The van der Waals surface area contributed by atoms with E-state index in [2.05, 4.69) is 20.9 Å². The fourth-order valence-electron chi connectivity index (χ4n) is 1.63. The molecule has 1 atom stereocenters. The second-order valence-corrected chi connectivity index (χ2v) is 4.34. The van der Waals surface area contributed by atoms with Gasteiger partial charge in [-0.05, 0) is 28.9 Å². The minimum absolute atomic E-state index is 0.451. The number of imidazole rings is 1. The highest BCUT2D eigenvalue weighted by atomic mass is 79.9. The lowest BCUT2D eigenvalue weighted by Crippen LogP contribution is -2.07. The maximum Gasteiger partial charge on any atom is 0.146 e. The van der Waals surface area contributed by atoms with E-state index < -0.39 is 6.10 Å². The molecule has 0 aromatic carbocycles. The van der Waals surface area contributed by atoms with Crippen LogP contribution in [0.2, 0.25) is 0 Å². The summed E-state index contributed by atoms with van der Waals surface area (Å²) in [7, 11) is 0. The largest absolute Gasteiger partial charge is 0.465 e. The topological polar surface area (TPSA) is 51.2 Å². The van der Waals surface area contributed by atoms with E-state index in [1.54, 1.807) is 18.5 Å². The maximum atomic E-state index is 10.0. The summed E-state index contributed by atoms with van der Waals surface area (Å²) >= 11 is 3.33. The van der Waals surface area contributed by atoms with Gasteiger partial charge in [0, 0.05) is 25.4 Å². The molecule has 5 heteroatoms. The third-order valence-corrected chi connectivity index (χ3v) is 3.12. The molecule has 0 aliphatic rings. The van der Waals surface area contributed by atoms with Crippen molar-refractivity contribution < 1.29 is 9.52 Å². The highest BCUT2D eigenvalue weighted by Crippen LogP contribution is 2.26. The van der Waals surface area contributed by atoms with Crippen LogP contribution >= 0.6 is 15.9 Å². The van der Waals surface area contributed by atoms with E-state index in [0.29, 0.717) is 12.2 Å². The zero-order chi connectivity index (χ0) is 11.5. The van der Waals surface area contributed by atoms with Gasteiger partial charge in [0.15, 0.2) is 0 Å². The molecule has 0 amide bonds. The zero-order valence-corrected chi connectivity index (χ0v) is 10.5. The number of hydrogen-bond acceptors (Lipinski definition) is 3. The molecular weight excluding hydrogens is 272 g/mol. The lowest BCUT2D eigenvalue weighted by atomic mass is 10.2. The Morgan fingerprint density at radius 1 is 1.62 bits per heavy atom. The molecule has 86 valence electrons. The standard InChI is InChI=1S/C11H13BrN2O2/c1-2-14-5-4-13-10(14)7-9(15)11-8(12)3-6-16-11/h3-6,9,15H,2,7H2,1H3. The predicted octanol–water partition coefficient (Wildman–Crippen LogP) is 2.53. The van der Waals surface area contributed by atoms with Crippen LogP contribution in [0.5, 0.6) is 0 Å². The molecule has 4 nitrogen and oxygen atoms in total. The van der Waals surface area contributed by atoms with E-state index in [1.165, 1.54) is 0 Å². The maximum absolute atomic E-state index is 10.0. The first-order valence-corrected chi connectivity index (χ1v) is 5.92. The van der Waals surface area contributed by atoms with Gasteiger partial charge in [-0.1, -0.05) is 0 Å². The Balaban J connectivity index is 2.13. The van der Waals surface area contributed by atoms with E-state index in [1.807, 2.05) is 17.7 Å². The van der Waals surface area contributed by atoms with Gasteiger partial charge in [0.25, 0.3) is 0 Å². The van der Waals surface area contributed by atoms with Crippen molar-refractivity contribution in [3.8, 4) is 0 Å². The van der Waals surface area contributed by atoms with E-state index in [0.717, 1.165) is 16.8 Å². The van der Waals surface area contributed by atoms with Crippen LogP contribution in [0.25, 0.3) is 0 Å². The normalized spacial score (nSPS) is 12.9. The molecule has 2 aromatic rings. The van der Waals surface area contributed by atoms with Crippen molar-refractivity contribution in [2.75, 3.05) is 0 Å². The molecule has 0 bridgehead atoms. The van der Waals surface area contributed by atoms with Gasteiger partial charge in [0.2, 0.25) is 0 Å². The Bertz CT molecular complexity index is 464. The Hall–Kier alpha value is -1.07. The monoisotopic (exact) mass is 284 g/mol. The molecule has 0 fully saturated rings. The van der Waals surface area contributed by atoms with Gasteiger partial charge >= 0.3 is 0 Å². The van der Waals surface area contributed by atoms with Crippen LogP contribution in [0.3, 0.4) is 0 Å². The van der Waals surface area contributed by atoms with Crippen molar-refractivity contribution in [3.63, 3.8) is 0 Å². The summed E-state index contributed by atoms with van der Waals surface area (Å²) in [5.41, 5.74) is 0. The van der Waals surface area contributed by atoms with Crippen molar-refractivity contribution in [2.45, 2.75) is 26.0 Å². The van der Waals surface area contributed by atoms with Gasteiger partial charge in [-0.25, -0.2) is 4.98 Å². The molecule has 0 radical (unpaired) electrons. The number of hydrogen-bond donors (Lipinski definition) is 1. The van der Waals surface area contributed by atoms with Crippen LogP contribution in [0.15, 0.2) is 33.6 Å². The minimum atomic E-state index is -0.669. The van der Waals surface area contributed by atoms with Crippen molar-refractivity contribution in [3.05, 3.63) is 40.8 Å². The number of aliphatic hydroxyl groups is 1. The number of furan rings is 1. The van der Waals surface area contributed by atoms with Gasteiger partial charge in [-0.15, -0.1) is 0 Å². The molecule has 16 heavy (non-hydrogen) atoms. The van der Waals surface area contributed by atoms with E-state index >= 15 is 0 Å². The van der Waals surface area contributed by atoms with E-state index in [9.17, 15) is 5.11 Å². The van der Waals surface area contributed by atoms with Crippen LogP contribution < -0.4 is 0 Å². The van der Waals surface area contributed by atoms with Crippen LogP contribution in [-0.2, 0) is 13.0 Å². The van der Waals surface area contributed by atoms with Gasteiger partial charge in [-0.2, -0.15) is 0 Å². The first-order chi connectivity index (χ1) is 7.72. The Morgan fingerprint density at radius 2 is 2.44 bits per heavy atom. The fraction of sp³-hybridized carbons (Fsp3) is 0.364. The van der Waals surface area contributed by atoms with Crippen molar-refractivity contribution in [1.29, 1.82) is 0 Å². The van der Waals surface area contributed by atoms with Crippen LogP contribution in [0, 0.1) is 0 Å². The van der Waals surface area contributed by atoms with Crippen LogP contribution in [-0.4, -0.2) is 14.7 Å². The minimum Gasteiger partial charge on any atom is -0.465 e. The van der Waals surface area contributed by atoms with Crippen molar-refractivity contribution in [2.24, 2.45) is 0 Å². The van der Waals surface area contributed by atoms with Gasteiger partial charge < -0.3 is 14.1 Å². The molecule has 0 spiro atoms. The number of rotatable bonds is 4. The lowest BCUT2D eigenvalue weighted by molar-refractivity contribution is 0.146. The summed E-state index contributed by atoms with van der Waals surface area (Å²) in [6.07, 6.45) is 4.97. The Morgan fingerprint density at radius 3 is 3.06 bits per heavy atom. The average molecular weight is 285 g/mol. The third kappa shape index (κ3) is 2.20.